The van der Waals surface area contributed by atoms with E-state index in [-0.39, 0.29) is 12.1 Å². The maximum absolute atomic E-state index is 11.3. The van der Waals surface area contributed by atoms with E-state index in [0.717, 1.165) is 19.4 Å². The molecule has 1 saturated heterocycles. The number of nitrogens with one attached hydrogen (secondary N) is 3. The third kappa shape index (κ3) is 3.38. The Hall–Kier alpha value is -1.03. The van der Waals surface area contributed by atoms with Crippen LogP contribution in [0.2, 0.25) is 0 Å². The first-order valence-electron chi connectivity index (χ1n) is 5.12. The standard InChI is InChI=1S/C10H19N3O/c1-3-6-12-10(14)13-9-5-4-7-11-8(9)2/h3,8-9,11H,1,4-7H2,2H3,(H2,12,13,14). The van der Waals surface area contributed by atoms with Gasteiger partial charge in [0.25, 0.3) is 0 Å². The zero-order chi connectivity index (χ0) is 10.4. The summed E-state index contributed by atoms with van der Waals surface area (Å²) in [7, 11) is 0. The van der Waals surface area contributed by atoms with Crippen LogP contribution in [-0.4, -0.2) is 31.2 Å². The van der Waals surface area contributed by atoms with E-state index in [2.05, 4.69) is 29.5 Å². The number of carbonyl (C=O) groups is 1. The van der Waals surface area contributed by atoms with Crippen LogP contribution in [0.25, 0.3) is 0 Å². The molecular formula is C10H19N3O. The summed E-state index contributed by atoms with van der Waals surface area (Å²) in [6, 6.07) is 0.497. The van der Waals surface area contributed by atoms with Gasteiger partial charge in [0.1, 0.15) is 0 Å². The lowest BCUT2D eigenvalue weighted by molar-refractivity contribution is 0.229. The summed E-state index contributed by atoms with van der Waals surface area (Å²) in [5.74, 6) is 0. The minimum atomic E-state index is -0.106. The summed E-state index contributed by atoms with van der Waals surface area (Å²) < 4.78 is 0. The summed E-state index contributed by atoms with van der Waals surface area (Å²) >= 11 is 0. The van der Waals surface area contributed by atoms with Crippen molar-refractivity contribution in [3.8, 4) is 0 Å². The third-order valence-electron chi connectivity index (χ3n) is 2.49. The molecule has 0 bridgehead atoms. The van der Waals surface area contributed by atoms with Gasteiger partial charge in [-0.1, -0.05) is 6.08 Å². The Kier molecular flexibility index (Phi) is 4.46. The number of carbonyl (C=O) groups excluding carboxylic acids is 1. The van der Waals surface area contributed by atoms with Gasteiger partial charge in [0, 0.05) is 18.6 Å². The Morgan fingerprint density at radius 2 is 2.50 bits per heavy atom. The molecule has 2 amide bonds. The topological polar surface area (TPSA) is 53.2 Å². The van der Waals surface area contributed by atoms with Crippen molar-refractivity contribution in [2.24, 2.45) is 0 Å². The van der Waals surface area contributed by atoms with Gasteiger partial charge < -0.3 is 16.0 Å². The van der Waals surface area contributed by atoms with Crippen molar-refractivity contribution in [2.75, 3.05) is 13.1 Å². The molecule has 14 heavy (non-hydrogen) atoms. The molecule has 1 aliphatic rings. The summed E-state index contributed by atoms with van der Waals surface area (Å²) in [4.78, 5) is 11.3. The number of urea groups is 1. The van der Waals surface area contributed by atoms with E-state index < -0.39 is 0 Å². The molecule has 0 radical (unpaired) electrons. The number of rotatable bonds is 3. The minimum Gasteiger partial charge on any atom is -0.335 e. The molecule has 2 unspecified atom stereocenters. The van der Waals surface area contributed by atoms with E-state index in [1.54, 1.807) is 6.08 Å². The van der Waals surface area contributed by atoms with Crippen molar-refractivity contribution in [1.29, 1.82) is 0 Å². The first kappa shape index (κ1) is 11.0. The van der Waals surface area contributed by atoms with Crippen molar-refractivity contribution in [1.82, 2.24) is 16.0 Å². The van der Waals surface area contributed by atoms with E-state index in [1.165, 1.54) is 0 Å². The molecule has 1 fully saturated rings. The van der Waals surface area contributed by atoms with E-state index in [1.807, 2.05) is 0 Å². The van der Waals surface area contributed by atoms with Gasteiger partial charge in [-0.15, -0.1) is 6.58 Å². The predicted octanol–water partition coefficient (Wildman–Crippen LogP) is 0.612. The molecule has 1 rings (SSSR count). The molecule has 3 N–H and O–H groups in total. The molecule has 0 aromatic rings. The second kappa shape index (κ2) is 5.65. The van der Waals surface area contributed by atoms with Gasteiger partial charge in [-0.05, 0) is 26.3 Å². The van der Waals surface area contributed by atoms with Crippen molar-refractivity contribution in [2.45, 2.75) is 31.8 Å². The van der Waals surface area contributed by atoms with E-state index >= 15 is 0 Å². The highest BCUT2D eigenvalue weighted by molar-refractivity contribution is 5.74. The summed E-state index contributed by atoms with van der Waals surface area (Å²) in [5, 5.41) is 8.98. The maximum atomic E-state index is 11.3. The number of hydrogen-bond acceptors (Lipinski definition) is 2. The lowest BCUT2D eigenvalue weighted by Gasteiger charge is -2.30. The average Bonchev–Trinajstić information content (AvgIpc) is 2.18. The first-order valence-corrected chi connectivity index (χ1v) is 5.12. The van der Waals surface area contributed by atoms with Gasteiger partial charge in [-0.25, -0.2) is 4.79 Å². The van der Waals surface area contributed by atoms with Crippen LogP contribution >= 0.6 is 0 Å². The Morgan fingerprint density at radius 3 is 3.14 bits per heavy atom. The SMILES string of the molecule is C=CCNC(=O)NC1CCCNC1C. The van der Waals surface area contributed by atoms with Crippen molar-refractivity contribution in [3.63, 3.8) is 0 Å². The van der Waals surface area contributed by atoms with Crippen molar-refractivity contribution >= 4 is 6.03 Å². The number of amides is 2. The maximum Gasteiger partial charge on any atom is 0.315 e. The van der Waals surface area contributed by atoms with Crippen LogP contribution in [0.5, 0.6) is 0 Å². The lowest BCUT2D eigenvalue weighted by atomic mass is 10.0. The summed E-state index contributed by atoms with van der Waals surface area (Å²) in [6.07, 6.45) is 3.84. The molecule has 0 spiro atoms. The van der Waals surface area contributed by atoms with Crippen LogP contribution in [0.1, 0.15) is 19.8 Å². The van der Waals surface area contributed by atoms with E-state index in [0.29, 0.717) is 12.6 Å². The largest absolute Gasteiger partial charge is 0.335 e. The monoisotopic (exact) mass is 197 g/mol. The normalized spacial score (nSPS) is 26.6. The Bertz CT molecular complexity index is 206. The second-order valence-corrected chi connectivity index (χ2v) is 3.63. The molecule has 4 heteroatoms. The molecule has 1 heterocycles. The highest BCUT2D eigenvalue weighted by atomic mass is 16.2. The van der Waals surface area contributed by atoms with Gasteiger partial charge in [-0.2, -0.15) is 0 Å². The molecule has 1 aliphatic heterocycles. The number of piperidine rings is 1. The molecule has 0 aromatic heterocycles. The van der Waals surface area contributed by atoms with E-state index in [9.17, 15) is 4.79 Å². The van der Waals surface area contributed by atoms with Crippen LogP contribution in [-0.2, 0) is 0 Å². The van der Waals surface area contributed by atoms with Crippen LogP contribution in [0.15, 0.2) is 12.7 Å². The quantitative estimate of drug-likeness (QED) is 0.581. The fourth-order valence-electron chi connectivity index (χ4n) is 1.63. The minimum absolute atomic E-state index is 0.106. The van der Waals surface area contributed by atoms with Crippen molar-refractivity contribution < 1.29 is 4.79 Å². The fourth-order valence-corrected chi connectivity index (χ4v) is 1.63. The van der Waals surface area contributed by atoms with Gasteiger partial charge in [0.05, 0.1) is 0 Å². The predicted molar refractivity (Wildman–Crippen MR) is 57.2 cm³/mol. The van der Waals surface area contributed by atoms with Crippen LogP contribution in [0, 0.1) is 0 Å². The molecular weight excluding hydrogens is 178 g/mol. The Morgan fingerprint density at radius 1 is 1.71 bits per heavy atom. The highest BCUT2D eigenvalue weighted by Crippen LogP contribution is 2.07. The second-order valence-electron chi connectivity index (χ2n) is 3.63. The average molecular weight is 197 g/mol. The zero-order valence-electron chi connectivity index (χ0n) is 8.68. The van der Waals surface area contributed by atoms with Gasteiger partial charge in [0.2, 0.25) is 0 Å². The Balaban J connectivity index is 2.27. The van der Waals surface area contributed by atoms with Crippen LogP contribution in [0.3, 0.4) is 0 Å². The van der Waals surface area contributed by atoms with Crippen LogP contribution < -0.4 is 16.0 Å². The van der Waals surface area contributed by atoms with Gasteiger partial charge in [0.15, 0.2) is 0 Å². The molecule has 4 nitrogen and oxygen atoms in total. The molecule has 0 aromatic carbocycles. The fraction of sp³-hybridized carbons (Fsp3) is 0.700. The molecule has 0 saturated carbocycles. The summed E-state index contributed by atoms with van der Waals surface area (Å²) in [6.45, 7) is 7.20. The Labute approximate surface area is 85.1 Å². The van der Waals surface area contributed by atoms with Crippen molar-refractivity contribution in [3.05, 3.63) is 12.7 Å². The highest BCUT2D eigenvalue weighted by Gasteiger charge is 2.21. The zero-order valence-corrected chi connectivity index (χ0v) is 8.68. The van der Waals surface area contributed by atoms with Gasteiger partial charge >= 0.3 is 6.03 Å². The number of hydrogen-bond donors (Lipinski definition) is 3. The van der Waals surface area contributed by atoms with Crippen LogP contribution in [0.4, 0.5) is 4.79 Å². The lowest BCUT2D eigenvalue weighted by Crippen LogP contribution is -2.54. The molecule has 0 aliphatic carbocycles. The van der Waals surface area contributed by atoms with E-state index in [4.69, 9.17) is 0 Å². The smallest absolute Gasteiger partial charge is 0.315 e. The first-order chi connectivity index (χ1) is 6.74. The molecule has 80 valence electrons. The summed E-state index contributed by atoms with van der Waals surface area (Å²) in [5.41, 5.74) is 0. The third-order valence-corrected chi connectivity index (χ3v) is 2.49. The molecule has 2 atom stereocenters. The van der Waals surface area contributed by atoms with Gasteiger partial charge in [-0.3, -0.25) is 0 Å².